The van der Waals surface area contributed by atoms with Crippen LogP contribution in [-0.2, 0) is 19.5 Å². The molecule has 0 N–H and O–H groups in total. The standard InChI is InChI=1S/C25H23N7O/c1-15-22(13-30(4)29-15)32-23-19-9-16(17-8-18(11-27-10-17)25(2,3)14-26)6-7-20(19)28-12-21(23)31(5)24(32)33/h6-13H,1-5H3. The number of nitriles is 1. The Balaban J connectivity index is 1.82. The molecule has 0 fully saturated rings. The van der Waals surface area contributed by atoms with Crippen LogP contribution in [-0.4, -0.2) is 28.9 Å². The molecule has 4 aromatic heterocycles. The van der Waals surface area contributed by atoms with E-state index in [2.05, 4.69) is 21.1 Å². The lowest BCUT2D eigenvalue weighted by Gasteiger charge is -2.16. The topological polar surface area (TPSA) is 94.3 Å². The number of hydrogen-bond donors (Lipinski definition) is 0. The van der Waals surface area contributed by atoms with Crippen LogP contribution in [0.15, 0.2) is 53.8 Å². The quantitative estimate of drug-likeness (QED) is 0.428. The van der Waals surface area contributed by atoms with Gasteiger partial charge < -0.3 is 0 Å². The SMILES string of the molecule is Cc1nn(C)cc1-n1c(=O)n(C)c2cnc3ccc(-c4cncc(C(C)(C)C#N)c4)cc3c21. The monoisotopic (exact) mass is 437 g/mol. The number of nitrogens with zero attached hydrogens (tertiary/aromatic N) is 7. The largest absolute Gasteiger partial charge is 0.333 e. The zero-order valence-electron chi connectivity index (χ0n) is 19.2. The number of rotatable bonds is 3. The highest BCUT2D eigenvalue weighted by molar-refractivity contribution is 6.04. The van der Waals surface area contributed by atoms with E-state index in [1.54, 1.807) is 39.5 Å². The molecule has 0 amide bonds. The Morgan fingerprint density at radius 1 is 1.06 bits per heavy atom. The van der Waals surface area contributed by atoms with E-state index in [-0.39, 0.29) is 5.69 Å². The third-order valence-corrected chi connectivity index (χ3v) is 6.18. The molecular weight excluding hydrogens is 414 g/mol. The van der Waals surface area contributed by atoms with Gasteiger partial charge >= 0.3 is 5.69 Å². The lowest BCUT2D eigenvalue weighted by molar-refractivity contribution is 0.683. The molecule has 8 heteroatoms. The maximum absolute atomic E-state index is 13.3. The van der Waals surface area contributed by atoms with Gasteiger partial charge in [-0.3, -0.25) is 23.8 Å². The predicted molar refractivity (Wildman–Crippen MR) is 127 cm³/mol. The minimum atomic E-state index is -0.646. The van der Waals surface area contributed by atoms with E-state index in [0.717, 1.165) is 50.0 Å². The van der Waals surface area contributed by atoms with Gasteiger partial charge in [0, 0.05) is 43.6 Å². The molecule has 0 aliphatic heterocycles. The molecule has 0 saturated heterocycles. The number of aryl methyl sites for hydroxylation is 3. The summed E-state index contributed by atoms with van der Waals surface area (Å²) < 4.78 is 5.02. The molecule has 4 heterocycles. The van der Waals surface area contributed by atoms with Crippen LogP contribution in [0.1, 0.15) is 25.1 Å². The van der Waals surface area contributed by atoms with Crippen molar-refractivity contribution in [3.05, 3.63) is 70.8 Å². The summed E-state index contributed by atoms with van der Waals surface area (Å²) in [6, 6.07) is 10.3. The number of benzene rings is 1. The highest BCUT2D eigenvalue weighted by Crippen LogP contribution is 2.31. The number of hydrogen-bond acceptors (Lipinski definition) is 5. The Morgan fingerprint density at radius 3 is 2.55 bits per heavy atom. The van der Waals surface area contributed by atoms with Crippen LogP contribution in [0.5, 0.6) is 0 Å². The summed E-state index contributed by atoms with van der Waals surface area (Å²) in [6.07, 6.45) is 7.10. The van der Waals surface area contributed by atoms with E-state index in [9.17, 15) is 10.1 Å². The molecule has 0 radical (unpaired) electrons. The van der Waals surface area contributed by atoms with Gasteiger partial charge in [-0.1, -0.05) is 6.07 Å². The first kappa shape index (κ1) is 20.6. The smallest absolute Gasteiger partial charge is 0.293 e. The van der Waals surface area contributed by atoms with Gasteiger partial charge in [0.15, 0.2) is 0 Å². The molecule has 164 valence electrons. The molecular formula is C25H23N7O. The summed E-state index contributed by atoms with van der Waals surface area (Å²) in [7, 11) is 3.59. The van der Waals surface area contributed by atoms with Crippen molar-refractivity contribution in [2.24, 2.45) is 14.1 Å². The van der Waals surface area contributed by atoms with E-state index in [1.165, 1.54) is 0 Å². The Kier molecular flexibility index (Phi) is 4.46. The van der Waals surface area contributed by atoms with Crippen molar-refractivity contribution in [1.82, 2.24) is 28.9 Å². The van der Waals surface area contributed by atoms with Crippen LogP contribution >= 0.6 is 0 Å². The van der Waals surface area contributed by atoms with Crippen LogP contribution in [0.25, 0.3) is 38.8 Å². The second-order valence-electron chi connectivity index (χ2n) is 8.87. The van der Waals surface area contributed by atoms with Crippen LogP contribution in [0, 0.1) is 18.3 Å². The molecule has 0 unspecified atom stereocenters. The first-order valence-corrected chi connectivity index (χ1v) is 10.6. The molecule has 5 rings (SSSR count). The van der Waals surface area contributed by atoms with Crippen molar-refractivity contribution in [1.29, 1.82) is 5.26 Å². The van der Waals surface area contributed by atoms with E-state index >= 15 is 0 Å². The lowest BCUT2D eigenvalue weighted by Crippen LogP contribution is -2.21. The predicted octanol–water partition coefficient (Wildman–Crippen LogP) is 3.78. The Hall–Kier alpha value is -4.25. The number of pyridine rings is 2. The third-order valence-electron chi connectivity index (χ3n) is 6.18. The fraction of sp³-hybridized carbons (Fsp3) is 0.240. The molecule has 0 bridgehead atoms. The fourth-order valence-electron chi connectivity index (χ4n) is 4.21. The van der Waals surface area contributed by atoms with Gasteiger partial charge in [0.25, 0.3) is 0 Å². The van der Waals surface area contributed by atoms with E-state index in [0.29, 0.717) is 0 Å². The minimum Gasteiger partial charge on any atom is -0.293 e. The number of imidazole rings is 1. The summed E-state index contributed by atoms with van der Waals surface area (Å²) in [4.78, 5) is 22.2. The summed E-state index contributed by atoms with van der Waals surface area (Å²) >= 11 is 0. The molecule has 0 aliphatic carbocycles. The first-order valence-electron chi connectivity index (χ1n) is 10.6. The molecule has 5 aromatic rings. The van der Waals surface area contributed by atoms with Gasteiger partial charge in [0.1, 0.15) is 0 Å². The second kappa shape index (κ2) is 7.14. The first-order chi connectivity index (χ1) is 15.7. The minimum absolute atomic E-state index is 0.153. The molecule has 0 atom stereocenters. The third kappa shape index (κ3) is 3.12. The Labute approximate surface area is 190 Å². The van der Waals surface area contributed by atoms with Crippen molar-refractivity contribution in [3.8, 4) is 22.9 Å². The van der Waals surface area contributed by atoms with Gasteiger partial charge in [0.2, 0.25) is 0 Å². The van der Waals surface area contributed by atoms with Crippen LogP contribution < -0.4 is 5.69 Å². The van der Waals surface area contributed by atoms with Crippen LogP contribution in [0.4, 0.5) is 0 Å². The maximum Gasteiger partial charge on any atom is 0.333 e. The Bertz CT molecular complexity index is 1660. The van der Waals surface area contributed by atoms with Crippen molar-refractivity contribution >= 4 is 21.9 Å². The Morgan fingerprint density at radius 2 is 1.85 bits per heavy atom. The summed E-state index contributed by atoms with van der Waals surface area (Å²) in [5.41, 5.74) is 5.71. The summed E-state index contributed by atoms with van der Waals surface area (Å²) in [5.74, 6) is 0. The maximum atomic E-state index is 13.3. The van der Waals surface area contributed by atoms with E-state index < -0.39 is 5.41 Å². The van der Waals surface area contributed by atoms with Gasteiger partial charge in [0.05, 0.1) is 45.6 Å². The average molecular weight is 438 g/mol. The van der Waals surface area contributed by atoms with E-state index in [4.69, 9.17) is 0 Å². The fourth-order valence-corrected chi connectivity index (χ4v) is 4.21. The van der Waals surface area contributed by atoms with E-state index in [1.807, 2.05) is 58.3 Å². The number of fused-ring (bicyclic) bond motifs is 3. The van der Waals surface area contributed by atoms with Crippen LogP contribution in [0.3, 0.4) is 0 Å². The second-order valence-corrected chi connectivity index (χ2v) is 8.87. The normalized spacial score (nSPS) is 11.9. The average Bonchev–Trinajstić information content (AvgIpc) is 3.28. The van der Waals surface area contributed by atoms with Gasteiger partial charge in [-0.25, -0.2) is 4.79 Å². The molecule has 1 aromatic carbocycles. The van der Waals surface area contributed by atoms with Crippen molar-refractivity contribution < 1.29 is 0 Å². The molecule has 33 heavy (non-hydrogen) atoms. The highest BCUT2D eigenvalue weighted by atomic mass is 16.1. The van der Waals surface area contributed by atoms with Gasteiger partial charge in [-0.15, -0.1) is 0 Å². The zero-order valence-corrected chi connectivity index (χ0v) is 19.2. The highest BCUT2D eigenvalue weighted by Gasteiger charge is 2.22. The molecule has 0 spiro atoms. The summed E-state index contributed by atoms with van der Waals surface area (Å²) in [5, 5.41) is 14.8. The lowest BCUT2D eigenvalue weighted by atomic mass is 9.86. The summed E-state index contributed by atoms with van der Waals surface area (Å²) in [6.45, 7) is 5.64. The van der Waals surface area contributed by atoms with Crippen LogP contribution in [0.2, 0.25) is 0 Å². The molecule has 0 saturated carbocycles. The molecule has 0 aliphatic rings. The zero-order chi connectivity index (χ0) is 23.5. The number of aromatic nitrogens is 6. The van der Waals surface area contributed by atoms with Crippen molar-refractivity contribution in [3.63, 3.8) is 0 Å². The van der Waals surface area contributed by atoms with Gasteiger partial charge in [-0.2, -0.15) is 10.4 Å². The van der Waals surface area contributed by atoms with Gasteiger partial charge in [-0.05, 0) is 50.1 Å². The van der Waals surface area contributed by atoms with Crippen molar-refractivity contribution in [2.75, 3.05) is 0 Å². The molecule has 8 nitrogen and oxygen atoms in total. The van der Waals surface area contributed by atoms with Crippen molar-refractivity contribution in [2.45, 2.75) is 26.2 Å².